The van der Waals surface area contributed by atoms with E-state index >= 15 is 0 Å². The third-order valence-electron chi connectivity index (χ3n) is 3.23. The lowest BCUT2D eigenvalue weighted by atomic mass is 10.1. The Balaban J connectivity index is 2.03. The Bertz CT molecular complexity index is 494. The van der Waals surface area contributed by atoms with E-state index in [1.165, 1.54) is 6.08 Å². The first-order chi connectivity index (χ1) is 9.08. The normalized spacial score (nSPS) is 17.1. The summed E-state index contributed by atoms with van der Waals surface area (Å²) in [6.45, 7) is 3.78. The second-order valence-electron chi connectivity index (χ2n) is 4.66. The number of carbonyl (C=O) groups is 1. The molecule has 1 fully saturated rings. The molecule has 0 unspecified atom stereocenters. The number of halogens is 1. The summed E-state index contributed by atoms with van der Waals surface area (Å²) < 4.78 is 0. The zero-order chi connectivity index (χ0) is 13.8. The van der Waals surface area contributed by atoms with Crippen LogP contribution in [0, 0.1) is 0 Å². The van der Waals surface area contributed by atoms with Crippen LogP contribution in [0.4, 0.5) is 0 Å². The Labute approximate surface area is 117 Å². The van der Waals surface area contributed by atoms with E-state index < -0.39 is 0 Å². The molecule has 4 nitrogen and oxygen atoms in total. The molecule has 0 spiro atoms. The number of para-hydroxylation sites is 1. The lowest BCUT2D eigenvalue weighted by Crippen LogP contribution is -2.41. The maximum absolute atomic E-state index is 12.0. The molecule has 1 saturated heterocycles. The number of carbonyl (C=O) groups excluding carboxylic acids is 1. The summed E-state index contributed by atoms with van der Waals surface area (Å²) in [6.07, 6.45) is 3.27. The average molecular weight is 281 g/mol. The molecule has 0 bridgehead atoms. The molecule has 2 rings (SSSR count). The van der Waals surface area contributed by atoms with Crippen LogP contribution in [-0.4, -0.2) is 53.9 Å². The van der Waals surface area contributed by atoms with Crippen LogP contribution in [0.15, 0.2) is 30.5 Å². The first kappa shape index (κ1) is 13.9. The van der Waals surface area contributed by atoms with Crippen LogP contribution in [0.1, 0.15) is 10.4 Å². The van der Waals surface area contributed by atoms with Crippen molar-refractivity contribution in [1.29, 1.82) is 0 Å². The van der Waals surface area contributed by atoms with Crippen LogP contribution in [0.2, 0.25) is 5.02 Å². The number of piperazine rings is 1. The number of nitrogens with zero attached hydrogens (tertiary/aromatic N) is 2. The van der Waals surface area contributed by atoms with E-state index in [-0.39, 0.29) is 22.1 Å². The number of allylic oxidation sites excluding steroid dienone is 1. The third-order valence-corrected chi connectivity index (χ3v) is 3.53. The van der Waals surface area contributed by atoms with Crippen LogP contribution in [-0.2, 0) is 0 Å². The average Bonchev–Trinajstić information content (AvgIpc) is 2.41. The highest BCUT2D eigenvalue weighted by Crippen LogP contribution is 2.27. The van der Waals surface area contributed by atoms with Crippen molar-refractivity contribution in [2.45, 2.75) is 0 Å². The van der Waals surface area contributed by atoms with Crippen molar-refractivity contribution in [2.75, 3.05) is 33.2 Å². The molecular weight excluding hydrogens is 264 g/mol. The largest absolute Gasteiger partial charge is 0.506 e. The number of rotatable bonds is 3. The molecule has 0 aromatic heterocycles. The zero-order valence-electron chi connectivity index (χ0n) is 10.8. The zero-order valence-corrected chi connectivity index (χ0v) is 11.6. The van der Waals surface area contributed by atoms with Crippen molar-refractivity contribution in [3.63, 3.8) is 0 Å². The molecule has 1 aliphatic heterocycles. The number of benzene rings is 1. The standard InChI is InChI=1S/C14H17ClN2O2/c1-16-7-9-17(10-8-16)6-5-13(18)11-3-2-4-12(15)14(11)19/h2-6,19H,7-10H2,1H3/b6-5+. The number of phenols is 1. The van der Waals surface area contributed by atoms with Gasteiger partial charge in [0.25, 0.3) is 0 Å². The van der Waals surface area contributed by atoms with E-state index in [0.29, 0.717) is 0 Å². The van der Waals surface area contributed by atoms with Crippen LogP contribution in [0.3, 0.4) is 0 Å². The number of phenolic OH excluding ortho intramolecular Hbond substituents is 1. The molecule has 0 saturated carbocycles. The van der Waals surface area contributed by atoms with Gasteiger partial charge in [0, 0.05) is 38.5 Å². The molecule has 1 heterocycles. The van der Waals surface area contributed by atoms with Gasteiger partial charge in [0.2, 0.25) is 0 Å². The van der Waals surface area contributed by atoms with E-state index in [4.69, 9.17) is 11.6 Å². The van der Waals surface area contributed by atoms with Gasteiger partial charge in [-0.25, -0.2) is 0 Å². The maximum Gasteiger partial charge on any atom is 0.191 e. The van der Waals surface area contributed by atoms with Gasteiger partial charge in [0.1, 0.15) is 5.75 Å². The second-order valence-corrected chi connectivity index (χ2v) is 5.06. The minimum Gasteiger partial charge on any atom is -0.506 e. The van der Waals surface area contributed by atoms with Crippen LogP contribution < -0.4 is 0 Å². The smallest absolute Gasteiger partial charge is 0.191 e. The van der Waals surface area contributed by atoms with Gasteiger partial charge < -0.3 is 14.9 Å². The van der Waals surface area contributed by atoms with Gasteiger partial charge in [0.15, 0.2) is 5.78 Å². The lowest BCUT2D eigenvalue weighted by Gasteiger charge is -2.31. The predicted octanol–water partition coefficient (Wildman–Crippen LogP) is 1.99. The number of hydrogen-bond donors (Lipinski definition) is 1. The molecule has 1 aromatic carbocycles. The van der Waals surface area contributed by atoms with E-state index in [2.05, 4.69) is 16.8 Å². The Morgan fingerprint density at radius 1 is 1.32 bits per heavy atom. The van der Waals surface area contributed by atoms with E-state index in [1.54, 1.807) is 24.4 Å². The van der Waals surface area contributed by atoms with Gasteiger partial charge in [-0.3, -0.25) is 4.79 Å². The number of hydrogen-bond acceptors (Lipinski definition) is 4. The number of aromatic hydroxyl groups is 1. The molecule has 0 atom stereocenters. The highest BCUT2D eigenvalue weighted by Gasteiger charge is 2.13. The Morgan fingerprint density at radius 2 is 2.00 bits per heavy atom. The molecule has 1 N–H and O–H groups in total. The van der Waals surface area contributed by atoms with Crippen molar-refractivity contribution < 1.29 is 9.90 Å². The van der Waals surface area contributed by atoms with Gasteiger partial charge in [-0.15, -0.1) is 0 Å². The van der Waals surface area contributed by atoms with Crippen molar-refractivity contribution >= 4 is 17.4 Å². The predicted molar refractivity (Wildman–Crippen MR) is 75.7 cm³/mol. The quantitative estimate of drug-likeness (QED) is 0.679. The van der Waals surface area contributed by atoms with Crippen molar-refractivity contribution in [1.82, 2.24) is 9.80 Å². The molecule has 19 heavy (non-hydrogen) atoms. The van der Waals surface area contributed by atoms with Crippen LogP contribution in [0.5, 0.6) is 5.75 Å². The molecule has 0 radical (unpaired) electrons. The molecule has 0 aliphatic carbocycles. The summed E-state index contributed by atoms with van der Waals surface area (Å²) in [6, 6.07) is 4.77. The summed E-state index contributed by atoms with van der Waals surface area (Å²) in [5, 5.41) is 9.93. The van der Waals surface area contributed by atoms with E-state index in [9.17, 15) is 9.90 Å². The number of likely N-dealkylation sites (N-methyl/N-ethyl adjacent to an activating group) is 1. The highest BCUT2D eigenvalue weighted by atomic mass is 35.5. The van der Waals surface area contributed by atoms with E-state index in [0.717, 1.165) is 26.2 Å². The molecular formula is C14H17ClN2O2. The molecule has 5 heteroatoms. The molecule has 102 valence electrons. The Kier molecular flexibility index (Phi) is 4.45. The first-order valence-electron chi connectivity index (χ1n) is 6.20. The summed E-state index contributed by atoms with van der Waals surface area (Å²) in [7, 11) is 2.08. The van der Waals surface area contributed by atoms with Gasteiger partial charge in [0.05, 0.1) is 10.6 Å². The lowest BCUT2D eigenvalue weighted by molar-refractivity contribution is 0.104. The SMILES string of the molecule is CN1CCN(/C=C/C(=O)c2cccc(Cl)c2O)CC1. The van der Waals surface area contributed by atoms with Gasteiger partial charge >= 0.3 is 0 Å². The maximum atomic E-state index is 12.0. The minimum atomic E-state index is -0.237. The summed E-state index contributed by atoms with van der Waals surface area (Å²) in [4.78, 5) is 16.3. The van der Waals surface area contributed by atoms with Crippen molar-refractivity contribution in [3.05, 3.63) is 41.1 Å². The third kappa shape index (κ3) is 3.49. The fourth-order valence-corrected chi connectivity index (χ4v) is 2.12. The van der Waals surface area contributed by atoms with Crippen LogP contribution in [0.25, 0.3) is 0 Å². The minimum absolute atomic E-state index is 0.155. The topological polar surface area (TPSA) is 43.8 Å². The Hall–Kier alpha value is -1.52. The van der Waals surface area contributed by atoms with Gasteiger partial charge in [-0.2, -0.15) is 0 Å². The second kappa shape index (κ2) is 6.08. The number of ketones is 1. The van der Waals surface area contributed by atoms with Gasteiger partial charge in [-0.1, -0.05) is 17.7 Å². The van der Waals surface area contributed by atoms with Crippen molar-refractivity contribution in [3.8, 4) is 5.75 Å². The summed E-state index contributed by atoms with van der Waals surface area (Å²) in [5.74, 6) is -0.392. The summed E-state index contributed by atoms with van der Waals surface area (Å²) in [5.41, 5.74) is 0.234. The van der Waals surface area contributed by atoms with Crippen molar-refractivity contribution in [2.24, 2.45) is 0 Å². The Morgan fingerprint density at radius 3 is 2.68 bits per heavy atom. The molecule has 1 aliphatic rings. The van der Waals surface area contributed by atoms with E-state index in [1.807, 2.05) is 0 Å². The fourth-order valence-electron chi connectivity index (χ4n) is 1.95. The fraction of sp³-hybridized carbons (Fsp3) is 0.357. The van der Waals surface area contributed by atoms with Crippen LogP contribution >= 0.6 is 11.6 Å². The molecule has 1 aromatic rings. The monoisotopic (exact) mass is 280 g/mol. The highest BCUT2D eigenvalue weighted by molar-refractivity contribution is 6.32. The molecule has 0 amide bonds. The summed E-state index contributed by atoms with van der Waals surface area (Å²) >= 11 is 5.78. The first-order valence-corrected chi connectivity index (χ1v) is 6.58. The van der Waals surface area contributed by atoms with Gasteiger partial charge in [-0.05, 0) is 19.2 Å².